The summed E-state index contributed by atoms with van der Waals surface area (Å²) < 4.78 is 33.2. The van der Waals surface area contributed by atoms with E-state index in [1.165, 1.54) is 22.9 Å². The van der Waals surface area contributed by atoms with Gasteiger partial charge in [0.1, 0.15) is 17.4 Å². The van der Waals surface area contributed by atoms with Crippen molar-refractivity contribution in [2.75, 3.05) is 12.4 Å². The van der Waals surface area contributed by atoms with Crippen LogP contribution < -0.4 is 15.6 Å². The molecule has 0 saturated heterocycles. The first-order valence-corrected chi connectivity index (χ1v) is 8.06. The Labute approximate surface area is 153 Å². The number of hydrogen-bond acceptors (Lipinski definition) is 3. The van der Waals surface area contributed by atoms with Crippen molar-refractivity contribution in [3.05, 3.63) is 93.9 Å². The van der Waals surface area contributed by atoms with Gasteiger partial charge in [-0.2, -0.15) is 0 Å². The fourth-order valence-electron chi connectivity index (χ4n) is 2.54. The number of hydrogen-bond donors (Lipinski definition) is 1. The molecule has 0 bridgehead atoms. The molecule has 1 N–H and O–H groups in total. The molecule has 3 rings (SSSR count). The van der Waals surface area contributed by atoms with Crippen LogP contribution in [0.5, 0.6) is 5.75 Å². The van der Waals surface area contributed by atoms with E-state index in [1.54, 1.807) is 25.3 Å². The SMILES string of the molecule is COc1cccc(Cn2cc(C(=O)Nc3ccc(F)cc3F)ccc2=O)c1. The lowest BCUT2D eigenvalue weighted by Gasteiger charge is -2.10. The standard InChI is InChI=1S/C20H16F2N2O3/c1-27-16-4-2-3-13(9-16)11-24-12-14(5-8-19(24)25)20(26)23-18-7-6-15(21)10-17(18)22/h2-10,12H,11H2,1H3,(H,23,26). The van der Waals surface area contributed by atoms with E-state index in [0.29, 0.717) is 11.8 Å². The molecule has 0 aliphatic carbocycles. The number of nitrogens with one attached hydrogen (secondary N) is 1. The van der Waals surface area contributed by atoms with Crippen molar-refractivity contribution in [2.45, 2.75) is 6.54 Å². The van der Waals surface area contributed by atoms with Gasteiger partial charge in [0.2, 0.25) is 0 Å². The van der Waals surface area contributed by atoms with Gasteiger partial charge in [0.15, 0.2) is 0 Å². The number of carbonyl (C=O) groups excluding carboxylic acids is 1. The van der Waals surface area contributed by atoms with Crippen LogP contribution in [0.15, 0.2) is 65.6 Å². The zero-order valence-corrected chi connectivity index (χ0v) is 14.4. The summed E-state index contributed by atoms with van der Waals surface area (Å²) in [7, 11) is 1.55. The van der Waals surface area contributed by atoms with Crippen LogP contribution in [-0.2, 0) is 6.54 Å². The Morgan fingerprint density at radius 3 is 2.67 bits per heavy atom. The summed E-state index contributed by atoms with van der Waals surface area (Å²) in [5, 5.41) is 2.37. The van der Waals surface area contributed by atoms with Crippen LogP contribution in [0.4, 0.5) is 14.5 Å². The van der Waals surface area contributed by atoms with Gasteiger partial charge in [-0.05, 0) is 35.9 Å². The van der Waals surface area contributed by atoms with Gasteiger partial charge < -0.3 is 14.6 Å². The third kappa shape index (κ3) is 4.38. The Balaban J connectivity index is 1.83. The maximum Gasteiger partial charge on any atom is 0.257 e. The average molecular weight is 370 g/mol. The van der Waals surface area contributed by atoms with E-state index in [-0.39, 0.29) is 23.4 Å². The van der Waals surface area contributed by atoms with Crippen LogP contribution >= 0.6 is 0 Å². The summed E-state index contributed by atoms with van der Waals surface area (Å²) in [6, 6.07) is 12.7. The van der Waals surface area contributed by atoms with Gasteiger partial charge in [-0.1, -0.05) is 12.1 Å². The third-order valence-electron chi connectivity index (χ3n) is 3.91. The highest BCUT2D eigenvalue weighted by Crippen LogP contribution is 2.16. The minimum absolute atomic E-state index is 0.146. The zero-order valence-electron chi connectivity index (χ0n) is 14.4. The fourth-order valence-corrected chi connectivity index (χ4v) is 2.54. The topological polar surface area (TPSA) is 60.3 Å². The number of halogens is 2. The molecule has 0 unspecified atom stereocenters. The van der Waals surface area contributed by atoms with Gasteiger partial charge >= 0.3 is 0 Å². The van der Waals surface area contributed by atoms with Gasteiger partial charge in [-0.3, -0.25) is 9.59 Å². The van der Waals surface area contributed by atoms with Crippen LogP contribution in [0.1, 0.15) is 15.9 Å². The number of benzene rings is 2. The number of nitrogens with zero attached hydrogens (tertiary/aromatic N) is 1. The number of anilines is 1. The lowest BCUT2D eigenvalue weighted by Crippen LogP contribution is -2.22. The Morgan fingerprint density at radius 2 is 1.93 bits per heavy atom. The predicted molar refractivity (Wildman–Crippen MR) is 97.1 cm³/mol. The van der Waals surface area contributed by atoms with Crippen LogP contribution in [0.3, 0.4) is 0 Å². The molecule has 7 heteroatoms. The van der Waals surface area contributed by atoms with Crippen LogP contribution in [-0.4, -0.2) is 17.6 Å². The normalized spacial score (nSPS) is 10.5. The minimum atomic E-state index is -0.881. The Kier molecular flexibility index (Phi) is 5.30. The molecule has 27 heavy (non-hydrogen) atoms. The highest BCUT2D eigenvalue weighted by molar-refractivity contribution is 6.04. The maximum atomic E-state index is 13.7. The lowest BCUT2D eigenvalue weighted by molar-refractivity contribution is 0.102. The van der Waals surface area contributed by atoms with Crippen molar-refractivity contribution >= 4 is 11.6 Å². The molecule has 138 valence electrons. The first kappa shape index (κ1) is 18.3. The summed E-state index contributed by atoms with van der Waals surface area (Å²) in [5.41, 5.74) is 0.550. The molecular weight excluding hydrogens is 354 g/mol. The minimum Gasteiger partial charge on any atom is -0.497 e. The summed E-state index contributed by atoms with van der Waals surface area (Å²) >= 11 is 0. The smallest absolute Gasteiger partial charge is 0.257 e. The second kappa shape index (κ2) is 7.82. The molecular formula is C20H16F2N2O3. The monoisotopic (exact) mass is 370 g/mol. The van der Waals surface area contributed by atoms with E-state index in [9.17, 15) is 18.4 Å². The average Bonchev–Trinajstić information content (AvgIpc) is 2.66. The predicted octanol–water partition coefficient (Wildman–Crippen LogP) is 3.44. The fraction of sp³-hybridized carbons (Fsp3) is 0.100. The molecule has 2 aromatic carbocycles. The Hall–Kier alpha value is -3.48. The second-order valence-corrected chi connectivity index (χ2v) is 5.81. The van der Waals surface area contributed by atoms with Crippen molar-refractivity contribution in [1.29, 1.82) is 0 Å². The largest absolute Gasteiger partial charge is 0.497 e. The highest BCUT2D eigenvalue weighted by Gasteiger charge is 2.12. The molecule has 3 aromatic rings. The molecule has 0 radical (unpaired) electrons. The number of rotatable bonds is 5. The summed E-state index contributed by atoms with van der Waals surface area (Å²) in [4.78, 5) is 24.5. The van der Waals surface area contributed by atoms with E-state index in [1.807, 2.05) is 6.07 Å². The number of ether oxygens (including phenoxy) is 1. The molecule has 0 fully saturated rings. The van der Waals surface area contributed by atoms with E-state index >= 15 is 0 Å². The molecule has 1 aromatic heterocycles. The van der Waals surface area contributed by atoms with Crippen LogP contribution in [0.25, 0.3) is 0 Å². The molecule has 0 spiro atoms. The van der Waals surface area contributed by atoms with E-state index in [4.69, 9.17) is 4.74 Å². The van der Waals surface area contributed by atoms with Crippen LogP contribution in [0.2, 0.25) is 0 Å². The maximum absolute atomic E-state index is 13.7. The van der Waals surface area contributed by atoms with Gasteiger partial charge in [0.05, 0.1) is 24.9 Å². The van der Waals surface area contributed by atoms with Crippen molar-refractivity contribution < 1.29 is 18.3 Å². The molecule has 1 heterocycles. The van der Waals surface area contributed by atoms with Gasteiger partial charge in [-0.15, -0.1) is 0 Å². The number of aromatic nitrogens is 1. The first-order valence-electron chi connectivity index (χ1n) is 8.06. The molecule has 1 amide bonds. The lowest BCUT2D eigenvalue weighted by atomic mass is 10.2. The quantitative estimate of drug-likeness (QED) is 0.749. The van der Waals surface area contributed by atoms with Crippen molar-refractivity contribution in [1.82, 2.24) is 4.57 Å². The second-order valence-electron chi connectivity index (χ2n) is 5.81. The highest BCUT2D eigenvalue weighted by atomic mass is 19.1. The van der Waals surface area contributed by atoms with Gasteiger partial charge in [0.25, 0.3) is 11.5 Å². The first-order chi connectivity index (χ1) is 13.0. The number of carbonyl (C=O) groups is 1. The van der Waals surface area contributed by atoms with Gasteiger partial charge in [-0.25, -0.2) is 8.78 Å². The van der Waals surface area contributed by atoms with Crippen LogP contribution in [0, 0.1) is 11.6 Å². The summed E-state index contributed by atoms with van der Waals surface area (Å²) in [6.45, 7) is 0.238. The summed E-state index contributed by atoms with van der Waals surface area (Å²) in [5.74, 6) is -1.58. The molecule has 0 aliphatic heterocycles. The molecule has 0 saturated carbocycles. The third-order valence-corrected chi connectivity index (χ3v) is 3.91. The number of pyridine rings is 1. The Morgan fingerprint density at radius 1 is 1.11 bits per heavy atom. The van der Waals surface area contributed by atoms with E-state index in [2.05, 4.69) is 5.32 Å². The zero-order chi connectivity index (χ0) is 19.4. The van der Waals surface area contributed by atoms with Crippen molar-refractivity contribution in [3.63, 3.8) is 0 Å². The van der Waals surface area contributed by atoms with Gasteiger partial charge in [0, 0.05) is 18.3 Å². The number of amides is 1. The van der Waals surface area contributed by atoms with E-state index < -0.39 is 17.5 Å². The van der Waals surface area contributed by atoms with Crippen molar-refractivity contribution in [2.24, 2.45) is 0 Å². The van der Waals surface area contributed by atoms with Crippen molar-refractivity contribution in [3.8, 4) is 5.75 Å². The summed E-state index contributed by atoms with van der Waals surface area (Å²) in [6.07, 6.45) is 1.39. The number of methoxy groups -OCH3 is 1. The molecule has 0 aliphatic rings. The van der Waals surface area contributed by atoms with E-state index in [0.717, 1.165) is 17.7 Å². The molecule has 5 nitrogen and oxygen atoms in total. The molecule has 0 atom stereocenters. The Bertz CT molecular complexity index is 1050.